The average molecular weight is 476 g/mol. The van der Waals surface area contributed by atoms with Crippen molar-refractivity contribution in [2.24, 2.45) is 5.92 Å². The molecule has 0 radical (unpaired) electrons. The van der Waals surface area contributed by atoms with Crippen molar-refractivity contribution in [3.8, 4) is 11.1 Å². The molecule has 6 rings (SSSR count). The van der Waals surface area contributed by atoms with Crippen LogP contribution in [0.4, 0.5) is 4.79 Å². The van der Waals surface area contributed by atoms with E-state index in [1.165, 1.54) is 54.4 Å². The molecule has 2 atom stereocenters. The first-order valence-corrected chi connectivity index (χ1v) is 13.5. The number of fused-ring (bicyclic) bond motifs is 5. The van der Waals surface area contributed by atoms with Gasteiger partial charge in [-0.15, -0.1) is 0 Å². The Bertz CT molecular complexity index is 1000. The lowest BCUT2D eigenvalue weighted by Crippen LogP contribution is -2.63. The average Bonchev–Trinajstić information content (AvgIpc) is 3.20. The van der Waals surface area contributed by atoms with E-state index in [1.807, 2.05) is 4.90 Å². The molecule has 0 spiro atoms. The minimum Gasteiger partial charge on any atom is -0.448 e. The molecule has 0 aromatic heterocycles. The monoisotopic (exact) mass is 475 g/mol. The van der Waals surface area contributed by atoms with Crippen molar-refractivity contribution >= 4 is 6.09 Å². The van der Waals surface area contributed by atoms with E-state index in [0.717, 1.165) is 18.8 Å². The number of aliphatic hydroxyl groups is 1. The zero-order valence-electron chi connectivity index (χ0n) is 20.5. The van der Waals surface area contributed by atoms with Crippen molar-refractivity contribution in [2.75, 3.05) is 19.8 Å². The fourth-order valence-corrected chi connectivity index (χ4v) is 7.19. The predicted octanol–water partition coefficient (Wildman–Crippen LogP) is 5.89. The van der Waals surface area contributed by atoms with E-state index in [4.69, 9.17) is 9.47 Å². The van der Waals surface area contributed by atoms with Gasteiger partial charge in [0.25, 0.3) is 0 Å². The molecule has 186 valence electrons. The number of amides is 1. The zero-order valence-corrected chi connectivity index (χ0v) is 20.5. The second kappa shape index (κ2) is 9.59. The van der Waals surface area contributed by atoms with Crippen molar-refractivity contribution in [1.29, 1.82) is 0 Å². The molecule has 1 amide bonds. The largest absolute Gasteiger partial charge is 0.448 e. The van der Waals surface area contributed by atoms with Crippen LogP contribution in [-0.4, -0.2) is 53.6 Å². The third-order valence-electron chi connectivity index (χ3n) is 8.93. The Morgan fingerprint density at radius 2 is 1.54 bits per heavy atom. The van der Waals surface area contributed by atoms with Crippen LogP contribution < -0.4 is 0 Å². The van der Waals surface area contributed by atoms with Gasteiger partial charge in [0, 0.05) is 5.92 Å². The number of carbonyl (C=O) groups excluding carboxylic acids is 1. The van der Waals surface area contributed by atoms with Crippen molar-refractivity contribution in [3.05, 3.63) is 59.7 Å². The minimum atomic E-state index is -0.698. The number of morpholine rings is 1. The summed E-state index contributed by atoms with van der Waals surface area (Å²) >= 11 is 0. The van der Waals surface area contributed by atoms with E-state index in [0.29, 0.717) is 32.7 Å². The van der Waals surface area contributed by atoms with Crippen molar-refractivity contribution in [1.82, 2.24) is 4.90 Å². The standard InChI is InChI=1S/C30H37NO4/c32-29(35-20-28-26-12-6-4-10-24(26)25-11-5-7-13-27(25)28)31-22-16-30(33,17-23(31)19-34-18-22)15-14-21-8-2-1-3-9-21/h4-7,10-13,21-23,28,33H,1-3,8-9,14-20H2. The van der Waals surface area contributed by atoms with Gasteiger partial charge in [0.2, 0.25) is 0 Å². The van der Waals surface area contributed by atoms with Gasteiger partial charge in [-0.2, -0.15) is 0 Å². The van der Waals surface area contributed by atoms with Gasteiger partial charge in [-0.3, -0.25) is 4.90 Å². The maximum absolute atomic E-state index is 13.4. The summed E-state index contributed by atoms with van der Waals surface area (Å²) in [6, 6.07) is 16.6. The van der Waals surface area contributed by atoms with Crippen LogP contribution in [0.2, 0.25) is 0 Å². The Labute approximate surface area is 208 Å². The number of piperidine rings is 1. The number of benzene rings is 2. The van der Waals surface area contributed by atoms with Crippen LogP contribution in [0.5, 0.6) is 0 Å². The first-order valence-electron chi connectivity index (χ1n) is 13.5. The molecule has 35 heavy (non-hydrogen) atoms. The van der Waals surface area contributed by atoms with Crippen LogP contribution >= 0.6 is 0 Å². The Morgan fingerprint density at radius 3 is 2.17 bits per heavy atom. The number of carbonyl (C=O) groups is 1. The number of hydrogen-bond donors (Lipinski definition) is 1. The topological polar surface area (TPSA) is 59.0 Å². The highest BCUT2D eigenvalue weighted by molar-refractivity contribution is 5.79. The van der Waals surface area contributed by atoms with E-state index >= 15 is 0 Å². The molecule has 2 aliphatic carbocycles. The van der Waals surface area contributed by atoms with Gasteiger partial charge in [-0.25, -0.2) is 4.79 Å². The Hall–Kier alpha value is -2.37. The maximum atomic E-state index is 13.4. The smallest absolute Gasteiger partial charge is 0.410 e. The zero-order chi connectivity index (χ0) is 23.8. The molecule has 2 unspecified atom stereocenters. The molecule has 2 aliphatic heterocycles. The van der Waals surface area contributed by atoms with Gasteiger partial charge in [-0.05, 0) is 53.9 Å². The molecule has 2 aromatic carbocycles. The molecular weight excluding hydrogens is 438 g/mol. The molecule has 2 bridgehead atoms. The molecule has 1 N–H and O–H groups in total. The summed E-state index contributed by atoms with van der Waals surface area (Å²) in [5.74, 6) is 0.809. The lowest BCUT2D eigenvalue weighted by Gasteiger charge is -2.51. The van der Waals surface area contributed by atoms with Crippen molar-refractivity contribution in [2.45, 2.75) is 81.4 Å². The second-order valence-electron chi connectivity index (χ2n) is 11.2. The van der Waals surface area contributed by atoms with Crippen LogP contribution in [0.15, 0.2) is 48.5 Å². The lowest BCUT2D eigenvalue weighted by molar-refractivity contribution is -0.136. The molecular formula is C30H37NO4. The van der Waals surface area contributed by atoms with Crippen molar-refractivity contribution < 1.29 is 19.4 Å². The van der Waals surface area contributed by atoms with E-state index in [9.17, 15) is 9.90 Å². The van der Waals surface area contributed by atoms with Crippen LogP contribution in [0.3, 0.4) is 0 Å². The van der Waals surface area contributed by atoms with Gasteiger partial charge >= 0.3 is 6.09 Å². The summed E-state index contributed by atoms with van der Waals surface area (Å²) in [5.41, 5.74) is 4.21. The minimum absolute atomic E-state index is 0.0552. The van der Waals surface area contributed by atoms with Gasteiger partial charge in [-0.1, -0.05) is 80.6 Å². The number of hydrogen-bond acceptors (Lipinski definition) is 4. The quantitative estimate of drug-likeness (QED) is 0.586. The Balaban J connectivity index is 1.12. The van der Waals surface area contributed by atoms with Gasteiger partial charge in [0.05, 0.1) is 30.9 Å². The van der Waals surface area contributed by atoms with Crippen LogP contribution in [0.1, 0.15) is 74.8 Å². The molecule has 4 aliphatic rings. The molecule has 2 saturated heterocycles. The van der Waals surface area contributed by atoms with Gasteiger partial charge in [0.15, 0.2) is 0 Å². The highest BCUT2D eigenvalue weighted by Gasteiger charge is 2.48. The molecule has 5 nitrogen and oxygen atoms in total. The first-order chi connectivity index (χ1) is 17.1. The second-order valence-corrected chi connectivity index (χ2v) is 11.2. The van der Waals surface area contributed by atoms with Crippen LogP contribution in [0.25, 0.3) is 11.1 Å². The third kappa shape index (κ3) is 4.49. The number of ether oxygens (including phenoxy) is 2. The fourth-order valence-electron chi connectivity index (χ4n) is 7.19. The lowest BCUT2D eigenvalue weighted by atomic mass is 9.75. The third-order valence-corrected chi connectivity index (χ3v) is 8.93. The molecule has 1 saturated carbocycles. The van der Waals surface area contributed by atoms with Crippen LogP contribution in [-0.2, 0) is 9.47 Å². The summed E-state index contributed by atoms with van der Waals surface area (Å²) in [6.07, 6.45) is 9.47. The maximum Gasteiger partial charge on any atom is 0.410 e. The highest BCUT2D eigenvalue weighted by atomic mass is 16.6. The van der Waals surface area contributed by atoms with Gasteiger partial charge in [0.1, 0.15) is 6.61 Å². The SMILES string of the molecule is O=C(OCC1c2ccccc2-c2ccccc21)N1C2COCC1CC(O)(CCC1CCCCC1)C2. The molecule has 3 fully saturated rings. The highest BCUT2D eigenvalue weighted by Crippen LogP contribution is 2.45. The van der Waals surface area contributed by atoms with E-state index in [-0.39, 0.29) is 24.1 Å². The normalized spacial score (nSPS) is 28.4. The van der Waals surface area contributed by atoms with Crippen molar-refractivity contribution in [3.63, 3.8) is 0 Å². The number of rotatable bonds is 5. The number of nitrogens with zero attached hydrogens (tertiary/aromatic N) is 1. The summed E-state index contributed by atoms with van der Waals surface area (Å²) in [6.45, 7) is 1.29. The molecule has 2 aromatic rings. The molecule has 5 heteroatoms. The van der Waals surface area contributed by atoms with Crippen LogP contribution in [0, 0.1) is 5.92 Å². The van der Waals surface area contributed by atoms with E-state index in [2.05, 4.69) is 48.5 Å². The summed E-state index contributed by atoms with van der Waals surface area (Å²) < 4.78 is 11.8. The first kappa shape index (κ1) is 23.1. The van der Waals surface area contributed by atoms with Gasteiger partial charge < -0.3 is 14.6 Å². The Kier molecular flexibility index (Phi) is 6.32. The summed E-state index contributed by atoms with van der Waals surface area (Å²) in [7, 11) is 0. The van der Waals surface area contributed by atoms with E-state index in [1.54, 1.807) is 0 Å². The van der Waals surface area contributed by atoms with E-state index < -0.39 is 5.60 Å². The molecule has 2 heterocycles. The summed E-state index contributed by atoms with van der Waals surface area (Å²) in [4.78, 5) is 15.3. The fraction of sp³-hybridized carbons (Fsp3) is 0.567. The predicted molar refractivity (Wildman–Crippen MR) is 135 cm³/mol. The summed E-state index contributed by atoms with van der Waals surface area (Å²) in [5, 5.41) is 11.5. The Morgan fingerprint density at radius 1 is 0.943 bits per heavy atom.